The maximum atomic E-state index is 11.9. The molecule has 0 aromatic heterocycles. The molecule has 3 nitrogen and oxygen atoms in total. The Bertz CT molecular complexity index is 415. The summed E-state index contributed by atoms with van der Waals surface area (Å²) in [6.07, 6.45) is -4.30. The van der Waals surface area contributed by atoms with Crippen LogP contribution in [0, 0.1) is 6.92 Å². The predicted molar refractivity (Wildman–Crippen MR) is 66.7 cm³/mol. The van der Waals surface area contributed by atoms with Crippen molar-refractivity contribution in [1.29, 1.82) is 0 Å². The van der Waals surface area contributed by atoms with E-state index < -0.39 is 18.6 Å². The van der Waals surface area contributed by atoms with Gasteiger partial charge >= 0.3 is 6.18 Å². The molecular formula is C13H17F3N2O. The topological polar surface area (TPSA) is 41.1 Å². The number of carbonyl (C=O) groups is 1. The summed E-state index contributed by atoms with van der Waals surface area (Å²) in [5.74, 6) is -0.461. The van der Waals surface area contributed by atoms with Crippen LogP contribution < -0.4 is 10.6 Å². The zero-order valence-corrected chi connectivity index (χ0v) is 10.8. The molecule has 0 saturated heterocycles. The number of rotatable bonds is 5. The van der Waals surface area contributed by atoms with E-state index in [1.54, 1.807) is 6.92 Å². The van der Waals surface area contributed by atoms with Gasteiger partial charge in [-0.2, -0.15) is 13.2 Å². The largest absolute Gasteiger partial charge is 0.401 e. The first-order valence-corrected chi connectivity index (χ1v) is 5.91. The van der Waals surface area contributed by atoms with Crippen molar-refractivity contribution in [1.82, 2.24) is 10.6 Å². The van der Waals surface area contributed by atoms with E-state index in [0.717, 1.165) is 11.1 Å². The monoisotopic (exact) mass is 274 g/mol. The van der Waals surface area contributed by atoms with Gasteiger partial charge in [0, 0.05) is 0 Å². The fourth-order valence-corrected chi connectivity index (χ4v) is 1.55. The van der Waals surface area contributed by atoms with Crippen LogP contribution in [0.3, 0.4) is 0 Å². The number of aryl methyl sites for hydroxylation is 1. The molecule has 106 valence electrons. The van der Waals surface area contributed by atoms with E-state index in [-0.39, 0.29) is 12.6 Å². The molecule has 0 aliphatic carbocycles. The summed E-state index contributed by atoms with van der Waals surface area (Å²) in [7, 11) is 0. The first-order valence-electron chi connectivity index (χ1n) is 5.91. The molecule has 0 fully saturated rings. The van der Waals surface area contributed by atoms with Crippen molar-refractivity contribution < 1.29 is 18.0 Å². The molecule has 6 heteroatoms. The average Bonchev–Trinajstić information content (AvgIpc) is 2.27. The van der Waals surface area contributed by atoms with E-state index in [1.165, 1.54) is 0 Å². The fraction of sp³-hybridized carbons (Fsp3) is 0.462. The summed E-state index contributed by atoms with van der Waals surface area (Å²) in [5, 5.41) is 4.69. The SMILES string of the molecule is Cc1ccc([C@H](C)NC(=O)CNCC(F)(F)F)cc1. The molecule has 1 aromatic rings. The van der Waals surface area contributed by atoms with Crippen molar-refractivity contribution in [3.05, 3.63) is 35.4 Å². The van der Waals surface area contributed by atoms with Crippen LogP contribution in [-0.4, -0.2) is 25.2 Å². The maximum absolute atomic E-state index is 11.9. The normalized spacial score (nSPS) is 13.1. The molecule has 0 unspecified atom stereocenters. The minimum atomic E-state index is -4.30. The highest BCUT2D eigenvalue weighted by molar-refractivity contribution is 5.78. The highest BCUT2D eigenvalue weighted by Crippen LogP contribution is 2.13. The van der Waals surface area contributed by atoms with Crippen LogP contribution in [0.5, 0.6) is 0 Å². The number of alkyl halides is 3. The highest BCUT2D eigenvalue weighted by atomic mass is 19.4. The lowest BCUT2D eigenvalue weighted by Crippen LogP contribution is -2.39. The molecule has 1 aromatic carbocycles. The molecule has 0 spiro atoms. The number of carbonyl (C=O) groups excluding carboxylic acids is 1. The van der Waals surface area contributed by atoms with Crippen LogP contribution in [0.15, 0.2) is 24.3 Å². The van der Waals surface area contributed by atoms with E-state index >= 15 is 0 Å². The fourth-order valence-electron chi connectivity index (χ4n) is 1.55. The molecule has 0 aliphatic heterocycles. The molecule has 2 N–H and O–H groups in total. The summed E-state index contributed by atoms with van der Waals surface area (Å²) in [4.78, 5) is 11.4. The second-order valence-corrected chi connectivity index (χ2v) is 4.42. The number of hydrogen-bond acceptors (Lipinski definition) is 2. The summed E-state index contributed by atoms with van der Waals surface area (Å²) < 4.78 is 35.6. The minimum Gasteiger partial charge on any atom is -0.348 e. The van der Waals surface area contributed by atoms with E-state index in [0.29, 0.717) is 0 Å². The van der Waals surface area contributed by atoms with Crippen LogP contribution in [0.1, 0.15) is 24.1 Å². The van der Waals surface area contributed by atoms with Gasteiger partial charge < -0.3 is 10.6 Å². The summed E-state index contributed by atoms with van der Waals surface area (Å²) in [5.41, 5.74) is 2.02. The van der Waals surface area contributed by atoms with Crippen LogP contribution >= 0.6 is 0 Å². The maximum Gasteiger partial charge on any atom is 0.401 e. The second kappa shape index (κ2) is 6.56. The van der Waals surface area contributed by atoms with Gasteiger partial charge in [-0.25, -0.2) is 0 Å². The van der Waals surface area contributed by atoms with Gasteiger partial charge in [-0.05, 0) is 19.4 Å². The Kier molecular flexibility index (Phi) is 5.35. The Hall–Kier alpha value is -1.56. The van der Waals surface area contributed by atoms with Crippen molar-refractivity contribution in [2.75, 3.05) is 13.1 Å². The Morgan fingerprint density at radius 3 is 2.37 bits per heavy atom. The third kappa shape index (κ3) is 6.24. The summed E-state index contributed by atoms with van der Waals surface area (Å²) in [6, 6.07) is 7.35. The number of halogens is 3. The van der Waals surface area contributed by atoms with Crippen LogP contribution in [0.25, 0.3) is 0 Å². The Morgan fingerprint density at radius 2 is 1.84 bits per heavy atom. The number of benzene rings is 1. The van der Waals surface area contributed by atoms with Gasteiger partial charge in [-0.15, -0.1) is 0 Å². The van der Waals surface area contributed by atoms with Gasteiger partial charge in [0.2, 0.25) is 5.91 Å². The zero-order chi connectivity index (χ0) is 14.5. The molecule has 1 rings (SSSR count). The number of amides is 1. The van der Waals surface area contributed by atoms with Crippen molar-refractivity contribution >= 4 is 5.91 Å². The van der Waals surface area contributed by atoms with Crippen molar-refractivity contribution in [3.8, 4) is 0 Å². The molecule has 0 saturated carbocycles. The Morgan fingerprint density at radius 1 is 1.26 bits per heavy atom. The molecule has 19 heavy (non-hydrogen) atoms. The minimum absolute atomic E-state index is 0.235. The predicted octanol–water partition coefficient (Wildman–Crippen LogP) is 2.32. The average molecular weight is 274 g/mol. The second-order valence-electron chi connectivity index (χ2n) is 4.42. The first kappa shape index (κ1) is 15.5. The number of nitrogens with one attached hydrogen (secondary N) is 2. The zero-order valence-electron chi connectivity index (χ0n) is 10.8. The third-order valence-electron chi connectivity index (χ3n) is 2.57. The Labute approximate surface area is 110 Å². The molecular weight excluding hydrogens is 257 g/mol. The van der Waals surface area contributed by atoms with Gasteiger partial charge in [-0.3, -0.25) is 4.79 Å². The lowest BCUT2D eigenvalue weighted by atomic mass is 10.1. The van der Waals surface area contributed by atoms with Crippen molar-refractivity contribution in [2.24, 2.45) is 0 Å². The summed E-state index contributed by atoms with van der Waals surface area (Å²) in [6.45, 7) is 2.22. The van der Waals surface area contributed by atoms with Gasteiger partial charge in [0.25, 0.3) is 0 Å². The molecule has 1 amide bonds. The standard InChI is InChI=1S/C13H17F3N2O/c1-9-3-5-11(6-4-9)10(2)18-12(19)7-17-8-13(14,15)16/h3-6,10,17H,7-8H2,1-2H3,(H,18,19)/t10-/m0/s1. The van der Waals surface area contributed by atoms with E-state index in [9.17, 15) is 18.0 Å². The number of hydrogen-bond donors (Lipinski definition) is 2. The van der Waals surface area contributed by atoms with E-state index in [4.69, 9.17) is 0 Å². The quantitative estimate of drug-likeness (QED) is 0.865. The van der Waals surface area contributed by atoms with Gasteiger partial charge in [0.15, 0.2) is 0 Å². The van der Waals surface area contributed by atoms with Gasteiger partial charge in [0.1, 0.15) is 0 Å². The van der Waals surface area contributed by atoms with Gasteiger partial charge in [-0.1, -0.05) is 29.8 Å². The highest BCUT2D eigenvalue weighted by Gasteiger charge is 2.26. The first-order chi connectivity index (χ1) is 8.78. The molecule has 0 radical (unpaired) electrons. The van der Waals surface area contributed by atoms with Crippen molar-refractivity contribution in [2.45, 2.75) is 26.1 Å². The van der Waals surface area contributed by atoms with Crippen LogP contribution in [-0.2, 0) is 4.79 Å². The third-order valence-corrected chi connectivity index (χ3v) is 2.57. The van der Waals surface area contributed by atoms with Crippen molar-refractivity contribution in [3.63, 3.8) is 0 Å². The smallest absolute Gasteiger partial charge is 0.348 e. The lowest BCUT2D eigenvalue weighted by molar-refractivity contribution is -0.128. The van der Waals surface area contributed by atoms with Gasteiger partial charge in [0.05, 0.1) is 19.1 Å². The molecule has 0 aliphatic rings. The molecule has 1 atom stereocenters. The molecule has 0 bridgehead atoms. The van der Waals surface area contributed by atoms with E-state index in [1.807, 2.05) is 31.2 Å². The Balaban J connectivity index is 2.38. The van der Waals surface area contributed by atoms with Crippen LogP contribution in [0.2, 0.25) is 0 Å². The molecule has 0 heterocycles. The van der Waals surface area contributed by atoms with Crippen LogP contribution in [0.4, 0.5) is 13.2 Å². The summed E-state index contributed by atoms with van der Waals surface area (Å²) >= 11 is 0. The van der Waals surface area contributed by atoms with E-state index in [2.05, 4.69) is 10.6 Å². The lowest BCUT2D eigenvalue weighted by Gasteiger charge is -2.15.